The Morgan fingerprint density at radius 1 is 1.04 bits per heavy atom. The maximum atomic E-state index is 14.4. The first-order valence-corrected chi connectivity index (χ1v) is 7.89. The Bertz CT molecular complexity index is 694. The maximum Gasteiger partial charge on any atom is 0.435 e. The molecule has 0 unspecified atom stereocenters. The predicted molar refractivity (Wildman–Crippen MR) is 74.6 cm³/mol. The molecule has 1 N–H and O–H groups in total. The molecule has 1 rings (SSSR count). The van der Waals surface area contributed by atoms with E-state index >= 15 is 0 Å². The van der Waals surface area contributed by atoms with Crippen LogP contribution in [0, 0.1) is 6.92 Å². The van der Waals surface area contributed by atoms with Crippen LogP contribution in [0.1, 0.15) is 35.3 Å². The van der Waals surface area contributed by atoms with E-state index in [1.807, 2.05) is 0 Å². The summed E-state index contributed by atoms with van der Waals surface area (Å²) in [6.45, 7) is 3.34. The molecule has 0 aromatic heterocycles. The molecular formula is C14H13F7O3S. The Morgan fingerprint density at radius 2 is 1.48 bits per heavy atom. The van der Waals surface area contributed by atoms with Crippen LogP contribution in [0.25, 0.3) is 0 Å². The normalized spacial score (nSPS) is 14.7. The van der Waals surface area contributed by atoms with Gasteiger partial charge in [0.1, 0.15) is 0 Å². The number of hydrogen-bond donors (Lipinski definition) is 1. The fourth-order valence-electron chi connectivity index (χ4n) is 2.16. The summed E-state index contributed by atoms with van der Waals surface area (Å²) in [6.07, 6.45) is -12.8. The van der Waals surface area contributed by atoms with Crippen molar-refractivity contribution in [1.82, 2.24) is 0 Å². The Morgan fingerprint density at radius 3 is 1.80 bits per heavy atom. The van der Waals surface area contributed by atoms with E-state index in [1.54, 1.807) is 0 Å². The monoisotopic (exact) mass is 394 g/mol. The molecule has 0 aliphatic carbocycles. The van der Waals surface area contributed by atoms with Gasteiger partial charge in [-0.2, -0.15) is 26.3 Å². The number of carboxylic acids is 1. The lowest BCUT2D eigenvalue weighted by Gasteiger charge is -2.32. The fourth-order valence-corrected chi connectivity index (χ4v) is 3.46. The highest BCUT2D eigenvalue weighted by molar-refractivity contribution is 7.85. The van der Waals surface area contributed by atoms with Crippen LogP contribution in [0.4, 0.5) is 30.7 Å². The Hall–Kier alpha value is -1.65. The Labute approximate surface area is 140 Å². The van der Waals surface area contributed by atoms with Crippen molar-refractivity contribution >= 4 is 16.8 Å². The number of alkyl halides is 7. The van der Waals surface area contributed by atoms with Gasteiger partial charge in [-0.05, 0) is 18.6 Å². The second-order valence-corrected chi connectivity index (χ2v) is 7.37. The lowest BCUT2D eigenvalue weighted by Crippen LogP contribution is -2.51. The molecule has 0 bridgehead atoms. The molecular weight excluding hydrogens is 381 g/mol. The van der Waals surface area contributed by atoms with Gasteiger partial charge in [-0.25, -0.2) is 9.18 Å². The van der Waals surface area contributed by atoms with Crippen LogP contribution >= 0.6 is 0 Å². The van der Waals surface area contributed by atoms with E-state index in [4.69, 9.17) is 5.11 Å². The summed E-state index contributed by atoms with van der Waals surface area (Å²) >= 11 is 0. The molecule has 0 saturated carbocycles. The van der Waals surface area contributed by atoms with E-state index in [1.165, 1.54) is 13.8 Å². The van der Waals surface area contributed by atoms with E-state index in [0.29, 0.717) is 6.07 Å². The highest BCUT2D eigenvalue weighted by Crippen LogP contribution is 2.55. The average Bonchev–Trinajstić information content (AvgIpc) is 2.42. The Kier molecular flexibility index (Phi) is 5.63. The second kappa shape index (κ2) is 6.58. The van der Waals surface area contributed by atoms with Gasteiger partial charge in [-0.3, -0.25) is 4.21 Å². The molecule has 0 heterocycles. The zero-order valence-corrected chi connectivity index (χ0v) is 13.9. The highest BCUT2D eigenvalue weighted by atomic mass is 32.2. The first-order valence-electron chi connectivity index (χ1n) is 6.67. The van der Waals surface area contributed by atoms with E-state index in [-0.39, 0.29) is 6.07 Å². The fraction of sp³-hybridized carbons (Fsp3) is 0.500. The summed E-state index contributed by atoms with van der Waals surface area (Å²) in [4.78, 5) is 9.97. The number of halogens is 7. The van der Waals surface area contributed by atoms with Crippen molar-refractivity contribution in [3.63, 3.8) is 0 Å². The van der Waals surface area contributed by atoms with Crippen LogP contribution in [0.5, 0.6) is 0 Å². The van der Waals surface area contributed by atoms with Gasteiger partial charge in [0.05, 0.1) is 16.4 Å². The number of rotatable bonds is 4. The van der Waals surface area contributed by atoms with Crippen molar-refractivity contribution in [1.29, 1.82) is 0 Å². The summed E-state index contributed by atoms with van der Waals surface area (Å²) in [6, 6.07) is 0.507. The van der Waals surface area contributed by atoms with E-state index < -0.39 is 61.6 Å². The number of aromatic carboxylic acids is 1. The van der Waals surface area contributed by atoms with E-state index in [0.717, 1.165) is 6.92 Å². The molecule has 0 aliphatic heterocycles. The topological polar surface area (TPSA) is 54.4 Å². The zero-order valence-electron chi connectivity index (χ0n) is 13.0. The standard InChI is InChI=1S/C14H13F7O3S/c1-6(2)25(24)10-7(3)8(11(22)23)4-5-9(10)12(15,13(16,17)18)14(19,20)21/h4-6H,1-3H3,(H,22,23)/t25-/m1/s1. The summed E-state index contributed by atoms with van der Waals surface area (Å²) in [5, 5.41) is 8.01. The van der Waals surface area contributed by atoms with Crippen LogP contribution in [0.15, 0.2) is 17.0 Å². The summed E-state index contributed by atoms with van der Waals surface area (Å²) < 4.78 is 105. The number of carboxylic acid groups (broad SMARTS) is 1. The lowest BCUT2D eigenvalue weighted by atomic mass is 9.91. The van der Waals surface area contributed by atoms with Crippen molar-refractivity contribution in [3.8, 4) is 0 Å². The van der Waals surface area contributed by atoms with Gasteiger partial charge in [-0.15, -0.1) is 0 Å². The van der Waals surface area contributed by atoms with Gasteiger partial charge in [0.15, 0.2) is 0 Å². The molecule has 0 amide bonds. The zero-order chi connectivity index (χ0) is 20.0. The molecule has 0 spiro atoms. The smallest absolute Gasteiger partial charge is 0.435 e. The van der Waals surface area contributed by atoms with Crippen molar-refractivity contribution < 1.29 is 44.8 Å². The first-order chi connectivity index (χ1) is 11.1. The third kappa shape index (κ3) is 3.51. The lowest BCUT2D eigenvalue weighted by molar-refractivity contribution is -0.349. The van der Waals surface area contributed by atoms with Gasteiger partial charge in [0.25, 0.3) is 0 Å². The molecule has 1 aromatic rings. The highest BCUT2D eigenvalue weighted by Gasteiger charge is 2.74. The average molecular weight is 394 g/mol. The van der Waals surface area contributed by atoms with Crippen LogP contribution < -0.4 is 0 Å². The minimum Gasteiger partial charge on any atom is -0.478 e. The summed E-state index contributed by atoms with van der Waals surface area (Å²) in [5.74, 6) is -1.66. The number of benzene rings is 1. The third-order valence-electron chi connectivity index (χ3n) is 3.42. The molecule has 25 heavy (non-hydrogen) atoms. The van der Waals surface area contributed by atoms with Crippen LogP contribution in [-0.2, 0) is 16.5 Å². The molecule has 3 nitrogen and oxygen atoms in total. The van der Waals surface area contributed by atoms with Crippen molar-refractivity contribution in [2.45, 2.75) is 48.9 Å². The molecule has 1 aromatic carbocycles. The van der Waals surface area contributed by atoms with Gasteiger partial charge in [0.2, 0.25) is 0 Å². The quantitative estimate of drug-likeness (QED) is 0.766. The van der Waals surface area contributed by atoms with Crippen LogP contribution in [0.2, 0.25) is 0 Å². The summed E-state index contributed by atoms with van der Waals surface area (Å²) in [7, 11) is -2.50. The van der Waals surface area contributed by atoms with Crippen LogP contribution in [0.3, 0.4) is 0 Å². The van der Waals surface area contributed by atoms with Crippen molar-refractivity contribution in [2.75, 3.05) is 0 Å². The predicted octanol–water partition coefficient (Wildman–Crippen LogP) is 4.50. The minimum absolute atomic E-state index is 0.0764. The maximum absolute atomic E-state index is 14.4. The number of carbonyl (C=O) groups is 1. The first kappa shape index (κ1) is 21.4. The van der Waals surface area contributed by atoms with Crippen LogP contribution in [-0.4, -0.2) is 32.9 Å². The molecule has 142 valence electrons. The molecule has 0 saturated heterocycles. The van der Waals surface area contributed by atoms with Gasteiger partial charge >= 0.3 is 24.0 Å². The largest absolute Gasteiger partial charge is 0.478 e. The SMILES string of the molecule is Cc1c(C(=O)O)ccc(C(F)(C(F)(F)F)C(F)(F)F)c1[S@](=O)C(C)C. The molecule has 0 aliphatic rings. The van der Waals surface area contributed by atoms with E-state index in [2.05, 4.69) is 0 Å². The summed E-state index contributed by atoms with van der Waals surface area (Å²) in [5.41, 5.74) is -8.99. The number of hydrogen-bond acceptors (Lipinski definition) is 2. The molecule has 0 fully saturated rings. The molecule has 0 radical (unpaired) electrons. The third-order valence-corrected chi connectivity index (χ3v) is 5.20. The van der Waals surface area contributed by atoms with Crippen molar-refractivity contribution in [3.05, 3.63) is 28.8 Å². The van der Waals surface area contributed by atoms with Gasteiger partial charge < -0.3 is 5.11 Å². The molecule has 11 heteroatoms. The Balaban J connectivity index is 4.01. The van der Waals surface area contributed by atoms with Gasteiger partial charge in [-0.1, -0.05) is 19.9 Å². The minimum atomic E-state index is -6.39. The van der Waals surface area contributed by atoms with Gasteiger partial charge in [0, 0.05) is 15.7 Å². The van der Waals surface area contributed by atoms with Crippen molar-refractivity contribution in [2.24, 2.45) is 0 Å². The van der Waals surface area contributed by atoms with E-state index in [9.17, 15) is 39.7 Å². The second-order valence-electron chi connectivity index (χ2n) is 5.42. The molecule has 1 atom stereocenters.